The second kappa shape index (κ2) is 7.31. The molecule has 0 bridgehead atoms. The van der Waals surface area contributed by atoms with Gasteiger partial charge in [-0.05, 0) is 38.1 Å². The molecule has 5 nitrogen and oxygen atoms in total. The van der Waals surface area contributed by atoms with Crippen molar-refractivity contribution in [3.05, 3.63) is 29.3 Å². The number of carbonyl (C=O) groups excluding carboxylic acids is 1. The van der Waals surface area contributed by atoms with E-state index in [1.54, 1.807) is 31.3 Å². The third-order valence-electron chi connectivity index (χ3n) is 3.11. The van der Waals surface area contributed by atoms with E-state index in [1.807, 2.05) is 0 Å². The predicted molar refractivity (Wildman–Crippen MR) is 80.6 cm³/mol. The van der Waals surface area contributed by atoms with Crippen LogP contribution in [0.1, 0.15) is 20.3 Å². The first-order valence-electron chi connectivity index (χ1n) is 6.58. The number of nitrogens with zero attached hydrogens (tertiary/aromatic N) is 1. The molecule has 0 aliphatic heterocycles. The Kier molecular flexibility index (Phi) is 6.03. The maximum atomic E-state index is 11.9. The molecule has 116 valence electrons. The van der Waals surface area contributed by atoms with Crippen molar-refractivity contribution in [2.45, 2.75) is 20.3 Å². The predicted octanol–water partition coefficient (Wildman–Crippen LogP) is 2.68. The first-order valence-corrected chi connectivity index (χ1v) is 6.96. The highest BCUT2D eigenvalue weighted by Crippen LogP contribution is 2.21. The highest BCUT2D eigenvalue weighted by Gasteiger charge is 2.31. The van der Waals surface area contributed by atoms with Gasteiger partial charge >= 0.3 is 5.97 Å². The summed E-state index contributed by atoms with van der Waals surface area (Å²) in [6.07, 6.45) is -0.0419. The number of ether oxygens (including phenoxy) is 1. The number of aliphatic carboxylic acids is 1. The normalized spacial score (nSPS) is 11.0. The molecule has 0 aliphatic rings. The van der Waals surface area contributed by atoms with E-state index in [0.717, 1.165) is 0 Å². The molecule has 0 aliphatic carbocycles. The van der Waals surface area contributed by atoms with Crippen LogP contribution in [-0.4, -0.2) is 42.1 Å². The number of carboxylic acid groups (broad SMARTS) is 1. The fraction of sp³-hybridized carbons (Fsp3) is 0.467. The minimum Gasteiger partial charge on any atom is -0.492 e. The first kappa shape index (κ1) is 17.3. The third-order valence-corrected chi connectivity index (χ3v) is 3.36. The van der Waals surface area contributed by atoms with Gasteiger partial charge in [-0.25, -0.2) is 0 Å². The Hall–Kier alpha value is -1.75. The highest BCUT2D eigenvalue weighted by molar-refractivity contribution is 6.30. The van der Waals surface area contributed by atoms with E-state index in [1.165, 1.54) is 18.7 Å². The van der Waals surface area contributed by atoms with E-state index in [-0.39, 0.29) is 12.3 Å². The van der Waals surface area contributed by atoms with Gasteiger partial charge in [0.2, 0.25) is 5.91 Å². The summed E-state index contributed by atoms with van der Waals surface area (Å²) in [7, 11) is 1.63. The number of amides is 1. The molecule has 0 saturated carbocycles. The van der Waals surface area contributed by atoms with E-state index in [0.29, 0.717) is 23.9 Å². The molecule has 0 unspecified atom stereocenters. The van der Waals surface area contributed by atoms with E-state index >= 15 is 0 Å². The Morgan fingerprint density at radius 3 is 2.38 bits per heavy atom. The largest absolute Gasteiger partial charge is 0.492 e. The van der Waals surface area contributed by atoms with E-state index in [2.05, 4.69) is 0 Å². The SMILES string of the molecule is CN(CCOc1ccc(Cl)cc1)C(=O)CC(C)(C)C(=O)O. The maximum Gasteiger partial charge on any atom is 0.309 e. The zero-order chi connectivity index (χ0) is 16.0. The van der Waals surface area contributed by atoms with Crippen molar-refractivity contribution >= 4 is 23.5 Å². The van der Waals surface area contributed by atoms with Crippen molar-refractivity contribution in [3.63, 3.8) is 0 Å². The molecule has 0 radical (unpaired) electrons. The summed E-state index contributed by atoms with van der Waals surface area (Å²) in [5, 5.41) is 9.64. The molecule has 0 fully saturated rings. The Bertz CT molecular complexity index is 499. The number of benzene rings is 1. The summed E-state index contributed by atoms with van der Waals surface area (Å²) < 4.78 is 5.49. The van der Waals surface area contributed by atoms with Crippen LogP contribution in [0.3, 0.4) is 0 Å². The van der Waals surface area contributed by atoms with E-state index < -0.39 is 11.4 Å². The smallest absolute Gasteiger partial charge is 0.309 e. The molecule has 0 heterocycles. The van der Waals surface area contributed by atoms with Crippen LogP contribution < -0.4 is 4.74 Å². The summed E-state index contributed by atoms with van der Waals surface area (Å²) in [4.78, 5) is 24.4. The van der Waals surface area contributed by atoms with Crippen LogP contribution in [0.2, 0.25) is 5.02 Å². The van der Waals surface area contributed by atoms with Gasteiger partial charge in [0, 0.05) is 18.5 Å². The minimum absolute atomic E-state index is 0.0419. The molecule has 1 rings (SSSR count). The van der Waals surface area contributed by atoms with Crippen LogP contribution in [0.15, 0.2) is 24.3 Å². The average molecular weight is 314 g/mol. The molecule has 1 amide bonds. The van der Waals surface area contributed by atoms with Gasteiger partial charge in [-0.2, -0.15) is 0 Å². The molecule has 6 heteroatoms. The lowest BCUT2D eigenvalue weighted by molar-refractivity contribution is -0.151. The quantitative estimate of drug-likeness (QED) is 0.840. The van der Waals surface area contributed by atoms with Crippen molar-refractivity contribution in [1.82, 2.24) is 4.90 Å². The molecule has 1 N–H and O–H groups in total. The Balaban J connectivity index is 2.39. The van der Waals surface area contributed by atoms with Crippen molar-refractivity contribution in [3.8, 4) is 5.75 Å². The molecule has 1 aromatic carbocycles. The summed E-state index contributed by atoms with van der Waals surface area (Å²) >= 11 is 5.77. The number of hydrogen-bond acceptors (Lipinski definition) is 3. The molecular formula is C15H20ClNO4. The number of hydrogen-bond donors (Lipinski definition) is 1. The Morgan fingerprint density at radius 2 is 1.86 bits per heavy atom. The number of likely N-dealkylation sites (N-methyl/N-ethyl adjacent to an activating group) is 1. The van der Waals surface area contributed by atoms with Crippen molar-refractivity contribution in [2.24, 2.45) is 5.41 Å². The standard InChI is InChI=1S/C15H20ClNO4/c1-15(2,14(19)20)10-13(18)17(3)8-9-21-12-6-4-11(16)5-7-12/h4-7H,8-10H2,1-3H3,(H,19,20). The minimum atomic E-state index is -1.07. The monoisotopic (exact) mass is 313 g/mol. The van der Waals surface area contributed by atoms with Crippen LogP contribution in [0.25, 0.3) is 0 Å². The lowest BCUT2D eigenvalue weighted by Gasteiger charge is -2.23. The van der Waals surface area contributed by atoms with Crippen LogP contribution in [0, 0.1) is 5.41 Å². The van der Waals surface area contributed by atoms with Crippen LogP contribution in [-0.2, 0) is 9.59 Å². The van der Waals surface area contributed by atoms with Gasteiger partial charge in [0.15, 0.2) is 0 Å². The van der Waals surface area contributed by atoms with Gasteiger partial charge in [-0.1, -0.05) is 11.6 Å². The lowest BCUT2D eigenvalue weighted by Crippen LogP contribution is -2.36. The molecule has 0 spiro atoms. The third kappa shape index (κ3) is 5.63. The summed E-state index contributed by atoms with van der Waals surface area (Å²) in [6.45, 7) is 3.78. The molecule has 0 aromatic heterocycles. The topological polar surface area (TPSA) is 66.8 Å². The molecular weight excluding hydrogens is 294 g/mol. The van der Waals surface area contributed by atoms with Crippen molar-refractivity contribution in [2.75, 3.05) is 20.2 Å². The Morgan fingerprint density at radius 1 is 1.29 bits per heavy atom. The molecule has 21 heavy (non-hydrogen) atoms. The van der Waals surface area contributed by atoms with Crippen LogP contribution in [0.5, 0.6) is 5.75 Å². The Labute approximate surface area is 129 Å². The summed E-state index contributed by atoms with van der Waals surface area (Å²) in [5.41, 5.74) is -1.07. The van der Waals surface area contributed by atoms with Gasteiger partial charge in [-0.15, -0.1) is 0 Å². The average Bonchev–Trinajstić information content (AvgIpc) is 2.40. The highest BCUT2D eigenvalue weighted by atomic mass is 35.5. The number of carboxylic acids is 1. The van der Waals surface area contributed by atoms with Gasteiger partial charge in [0.25, 0.3) is 0 Å². The summed E-state index contributed by atoms with van der Waals surface area (Å²) in [5.74, 6) is -0.533. The fourth-order valence-electron chi connectivity index (χ4n) is 1.54. The lowest BCUT2D eigenvalue weighted by atomic mass is 9.89. The van der Waals surface area contributed by atoms with Gasteiger partial charge < -0.3 is 14.7 Å². The number of carbonyl (C=O) groups is 2. The van der Waals surface area contributed by atoms with Crippen LogP contribution in [0.4, 0.5) is 0 Å². The van der Waals surface area contributed by atoms with Gasteiger partial charge in [0.05, 0.1) is 12.0 Å². The zero-order valence-electron chi connectivity index (χ0n) is 12.4. The zero-order valence-corrected chi connectivity index (χ0v) is 13.2. The van der Waals surface area contributed by atoms with Gasteiger partial charge in [0.1, 0.15) is 12.4 Å². The molecule has 0 atom stereocenters. The molecule has 1 aromatic rings. The number of rotatable bonds is 7. The van der Waals surface area contributed by atoms with Crippen molar-refractivity contribution < 1.29 is 19.4 Å². The number of halogens is 1. The van der Waals surface area contributed by atoms with Gasteiger partial charge in [-0.3, -0.25) is 9.59 Å². The summed E-state index contributed by atoms with van der Waals surface area (Å²) in [6, 6.07) is 6.94. The van der Waals surface area contributed by atoms with Crippen LogP contribution >= 0.6 is 11.6 Å². The van der Waals surface area contributed by atoms with E-state index in [4.69, 9.17) is 21.4 Å². The maximum absolute atomic E-state index is 11.9. The second-order valence-corrected chi connectivity index (χ2v) is 5.92. The van der Waals surface area contributed by atoms with Crippen molar-refractivity contribution in [1.29, 1.82) is 0 Å². The fourth-order valence-corrected chi connectivity index (χ4v) is 1.67. The second-order valence-electron chi connectivity index (χ2n) is 5.48. The first-order chi connectivity index (χ1) is 9.72. The van der Waals surface area contributed by atoms with E-state index in [9.17, 15) is 9.59 Å². The molecule has 0 saturated heterocycles.